The van der Waals surface area contributed by atoms with Gasteiger partial charge in [-0.1, -0.05) is 0 Å². The highest BCUT2D eigenvalue weighted by Gasteiger charge is 2.07. The summed E-state index contributed by atoms with van der Waals surface area (Å²) in [7, 11) is 0. The monoisotopic (exact) mass is 170 g/mol. The third-order valence-electron chi connectivity index (χ3n) is 1.52. The first-order chi connectivity index (χ1) is 5.65. The third-order valence-corrected chi connectivity index (χ3v) is 1.52. The normalized spacial score (nSPS) is 12.9. The average molecular weight is 170 g/mol. The lowest BCUT2D eigenvalue weighted by Gasteiger charge is -2.02. The minimum Gasteiger partial charge on any atom is -0.466 e. The van der Waals surface area contributed by atoms with Crippen molar-refractivity contribution >= 4 is 0 Å². The van der Waals surface area contributed by atoms with Crippen molar-refractivity contribution < 1.29 is 14.6 Å². The summed E-state index contributed by atoms with van der Waals surface area (Å²) >= 11 is 0. The van der Waals surface area contributed by atoms with E-state index in [0.717, 1.165) is 0 Å². The van der Waals surface area contributed by atoms with E-state index in [-0.39, 0.29) is 23.4 Å². The molecule has 2 N–H and O–H groups in total. The summed E-state index contributed by atoms with van der Waals surface area (Å²) in [6, 6.07) is 1.17. The molecule has 1 rings (SSSR count). The molecule has 1 aromatic rings. The quantitative estimate of drug-likeness (QED) is 0.664. The van der Waals surface area contributed by atoms with Gasteiger partial charge in [0, 0.05) is 6.07 Å². The van der Waals surface area contributed by atoms with Gasteiger partial charge in [-0.05, 0) is 6.92 Å². The van der Waals surface area contributed by atoms with Gasteiger partial charge < -0.3 is 14.6 Å². The van der Waals surface area contributed by atoms with Crippen molar-refractivity contribution in [1.82, 2.24) is 0 Å². The van der Waals surface area contributed by atoms with Crippen molar-refractivity contribution in [3.8, 4) is 0 Å². The zero-order chi connectivity index (χ0) is 9.14. The SMILES string of the molecule is C[C@@H](O)c1coc(CO)cc1=O. The fourth-order valence-electron chi connectivity index (χ4n) is 0.848. The van der Waals surface area contributed by atoms with Gasteiger partial charge in [-0.15, -0.1) is 0 Å². The summed E-state index contributed by atoms with van der Waals surface area (Å²) in [4.78, 5) is 11.1. The van der Waals surface area contributed by atoms with E-state index < -0.39 is 6.10 Å². The summed E-state index contributed by atoms with van der Waals surface area (Å²) in [6.45, 7) is 1.17. The van der Waals surface area contributed by atoms with E-state index in [1.807, 2.05) is 0 Å². The number of rotatable bonds is 2. The van der Waals surface area contributed by atoms with E-state index in [1.165, 1.54) is 19.3 Å². The summed E-state index contributed by atoms with van der Waals surface area (Å²) in [5.74, 6) is 0.199. The van der Waals surface area contributed by atoms with Gasteiger partial charge in [0.25, 0.3) is 0 Å². The maximum atomic E-state index is 11.1. The standard InChI is InChI=1S/C8H10O4/c1-5(10)7-4-12-6(3-9)2-8(7)11/h2,4-5,9-10H,3H2,1H3/t5-/m1/s1. The van der Waals surface area contributed by atoms with Crippen molar-refractivity contribution in [3.05, 3.63) is 33.9 Å². The molecule has 12 heavy (non-hydrogen) atoms. The summed E-state index contributed by atoms with van der Waals surface area (Å²) < 4.78 is 4.84. The fourth-order valence-corrected chi connectivity index (χ4v) is 0.848. The zero-order valence-corrected chi connectivity index (χ0v) is 6.65. The van der Waals surface area contributed by atoms with E-state index in [9.17, 15) is 4.79 Å². The van der Waals surface area contributed by atoms with Crippen LogP contribution in [0.5, 0.6) is 0 Å². The predicted molar refractivity (Wildman–Crippen MR) is 41.5 cm³/mol. The Labute approximate surface area is 69.1 Å². The molecule has 0 aliphatic carbocycles. The Morgan fingerprint density at radius 3 is 2.75 bits per heavy atom. The molecule has 0 saturated heterocycles. The molecule has 66 valence electrons. The molecule has 0 aliphatic heterocycles. The van der Waals surface area contributed by atoms with Gasteiger partial charge in [-0.2, -0.15) is 0 Å². The molecule has 0 fully saturated rings. The minimum absolute atomic E-state index is 0.199. The summed E-state index contributed by atoms with van der Waals surface area (Å²) in [5.41, 5.74) is -0.118. The van der Waals surface area contributed by atoms with Crippen LogP contribution in [-0.4, -0.2) is 10.2 Å². The van der Waals surface area contributed by atoms with Crippen LogP contribution >= 0.6 is 0 Å². The predicted octanol–water partition coefficient (Wildman–Crippen LogP) is 0.185. The first kappa shape index (κ1) is 8.96. The van der Waals surface area contributed by atoms with Crippen LogP contribution in [0.15, 0.2) is 21.5 Å². The van der Waals surface area contributed by atoms with Gasteiger partial charge in [0.2, 0.25) is 0 Å². The van der Waals surface area contributed by atoms with Gasteiger partial charge >= 0.3 is 0 Å². The van der Waals surface area contributed by atoms with Crippen LogP contribution in [0.25, 0.3) is 0 Å². The molecule has 0 bridgehead atoms. The Kier molecular flexibility index (Phi) is 2.62. The van der Waals surface area contributed by atoms with Gasteiger partial charge in [0.1, 0.15) is 18.6 Å². The molecule has 1 heterocycles. The van der Waals surface area contributed by atoms with Crippen molar-refractivity contribution in [3.63, 3.8) is 0 Å². The molecule has 0 amide bonds. The van der Waals surface area contributed by atoms with Crippen LogP contribution in [0.3, 0.4) is 0 Å². The van der Waals surface area contributed by atoms with Crippen LogP contribution in [0, 0.1) is 0 Å². The van der Waals surface area contributed by atoms with Crippen molar-refractivity contribution in [2.45, 2.75) is 19.6 Å². The second kappa shape index (κ2) is 3.51. The van der Waals surface area contributed by atoms with E-state index in [2.05, 4.69) is 0 Å². The molecule has 0 spiro atoms. The molecular weight excluding hydrogens is 160 g/mol. The second-order valence-electron chi connectivity index (χ2n) is 2.50. The van der Waals surface area contributed by atoms with E-state index in [1.54, 1.807) is 0 Å². The average Bonchev–Trinajstić information content (AvgIpc) is 2.03. The van der Waals surface area contributed by atoms with Crippen LogP contribution in [0.4, 0.5) is 0 Å². The van der Waals surface area contributed by atoms with Gasteiger partial charge in [-0.3, -0.25) is 4.79 Å². The minimum atomic E-state index is -0.839. The van der Waals surface area contributed by atoms with Crippen LogP contribution < -0.4 is 5.43 Å². The zero-order valence-electron chi connectivity index (χ0n) is 6.65. The fraction of sp³-hybridized carbons (Fsp3) is 0.375. The Morgan fingerprint density at radius 1 is 1.67 bits per heavy atom. The molecule has 4 nitrogen and oxygen atoms in total. The van der Waals surface area contributed by atoms with Crippen LogP contribution in [0.1, 0.15) is 24.4 Å². The van der Waals surface area contributed by atoms with Gasteiger partial charge in [0.05, 0.1) is 11.7 Å². The molecular formula is C8H10O4. The van der Waals surface area contributed by atoms with Crippen molar-refractivity contribution in [1.29, 1.82) is 0 Å². The third kappa shape index (κ3) is 1.72. The first-order valence-corrected chi connectivity index (χ1v) is 3.55. The highest BCUT2D eigenvalue weighted by Crippen LogP contribution is 2.07. The van der Waals surface area contributed by atoms with E-state index in [0.29, 0.717) is 0 Å². The lowest BCUT2D eigenvalue weighted by atomic mass is 10.2. The second-order valence-corrected chi connectivity index (χ2v) is 2.50. The molecule has 0 aromatic carbocycles. The largest absolute Gasteiger partial charge is 0.466 e. The molecule has 0 radical (unpaired) electrons. The maximum Gasteiger partial charge on any atom is 0.190 e. The van der Waals surface area contributed by atoms with Gasteiger partial charge in [0.15, 0.2) is 5.43 Å². The molecule has 1 atom stereocenters. The molecule has 0 aliphatic rings. The lowest BCUT2D eigenvalue weighted by molar-refractivity contribution is 0.191. The molecule has 0 unspecified atom stereocenters. The lowest BCUT2D eigenvalue weighted by Crippen LogP contribution is -2.10. The summed E-state index contributed by atoms with van der Waals surface area (Å²) in [5, 5.41) is 17.6. The highest BCUT2D eigenvalue weighted by molar-refractivity contribution is 5.12. The number of aliphatic hydroxyl groups is 2. The number of hydrogen-bond acceptors (Lipinski definition) is 4. The number of aliphatic hydroxyl groups excluding tert-OH is 2. The van der Waals surface area contributed by atoms with Crippen molar-refractivity contribution in [2.24, 2.45) is 0 Å². The Bertz CT molecular complexity index is 313. The Hall–Kier alpha value is -1.13. The first-order valence-electron chi connectivity index (χ1n) is 3.55. The molecule has 4 heteroatoms. The van der Waals surface area contributed by atoms with Crippen LogP contribution in [-0.2, 0) is 6.61 Å². The maximum absolute atomic E-state index is 11.1. The molecule has 1 aromatic heterocycles. The molecule has 0 saturated carbocycles. The number of hydrogen-bond donors (Lipinski definition) is 2. The van der Waals surface area contributed by atoms with Gasteiger partial charge in [-0.25, -0.2) is 0 Å². The smallest absolute Gasteiger partial charge is 0.190 e. The Balaban J connectivity index is 3.12. The van der Waals surface area contributed by atoms with E-state index >= 15 is 0 Å². The topological polar surface area (TPSA) is 70.7 Å². The van der Waals surface area contributed by atoms with Crippen LogP contribution in [0.2, 0.25) is 0 Å². The Morgan fingerprint density at radius 2 is 2.33 bits per heavy atom. The van der Waals surface area contributed by atoms with E-state index in [4.69, 9.17) is 14.6 Å². The highest BCUT2D eigenvalue weighted by atomic mass is 16.4. The van der Waals surface area contributed by atoms with Crippen molar-refractivity contribution in [2.75, 3.05) is 0 Å². The summed E-state index contributed by atoms with van der Waals surface area (Å²) in [6.07, 6.45) is 0.326.